The van der Waals surface area contributed by atoms with Crippen molar-refractivity contribution < 1.29 is 9.18 Å². The number of amides is 1. The third-order valence-electron chi connectivity index (χ3n) is 4.75. The van der Waals surface area contributed by atoms with E-state index < -0.39 is 11.5 Å². The van der Waals surface area contributed by atoms with E-state index in [2.05, 4.69) is 10.3 Å². The molecule has 0 radical (unpaired) electrons. The molecule has 0 aliphatic rings. The average molecular weight is 390 g/mol. The van der Waals surface area contributed by atoms with E-state index in [1.165, 1.54) is 33.4 Å². The summed E-state index contributed by atoms with van der Waals surface area (Å²) in [5.41, 5.74) is 2.75. The van der Waals surface area contributed by atoms with Gasteiger partial charge < -0.3 is 5.32 Å². The minimum Gasteiger partial charge on any atom is -0.324 e. The van der Waals surface area contributed by atoms with Gasteiger partial charge in [-0.05, 0) is 54.4 Å². The standard InChI is InChI=1S/C22H19FN4O2/c1-2-15-6-3-4-7-18(15)25-20(28)14-26-19-8-5-13-24-21(19)27(22(26)29)17-11-9-16(23)10-12-17/h3-13H,2,14H2,1H3,(H,25,28). The summed E-state index contributed by atoms with van der Waals surface area (Å²) in [4.78, 5) is 30.1. The van der Waals surface area contributed by atoms with Gasteiger partial charge in [0.25, 0.3) is 0 Å². The zero-order valence-electron chi connectivity index (χ0n) is 15.8. The Kier molecular flexibility index (Phi) is 4.95. The summed E-state index contributed by atoms with van der Waals surface area (Å²) in [7, 11) is 0. The molecule has 6 nitrogen and oxygen atoms in total. The molecule has 29 heavy (non-hydrogen) atoms. The van der Waals surface area contributed by atoms with Gasteiger partial charge in [-0.15, -0.1) is 0 Å². The minimum atomic E-state index is -0.413. The number of rotatable bonds is 5. The quantitative estimate of drug-likeness (QED) is 0.567. The summed E-state index contributed by atoms with van der Waals surface area (Å²) in [5.74, 6) is -0.706. The van der Waals surface area contributed by atoms with Crippen LogP contribution in [-0.4, -0.2) is 20.0 Å². The highest BCUT2D eigenvalue weighted by atomic mass is 19.1. The number of nitrogens with one attached hydrogen (secondary N) is 1. The van der Waals surface area contributed by atoms with Crippen molar-refractivity contribution in [2.24, 2.45) is 0 Å². The normalized spacial score (nSPS) is 11.0. The summed E-state index contributed by atoms with van der Waals surface area (Å²) in [6, 6.07) is 16.6. The van der Waals surface area contributed by atoms with Gasteiger partial charge >= 0.3 is 5.69 Å². The van der Waals surface area contributed by atoms with Crippen molar-refractivity contribution in [1.82, 2.24) is 14.1 Å². The highest BCUT2D eigenvalue weighted by Gasteiger charge is 2.18. The monoisotopic (exact) mass is 390 g/mol. The van der Waals surface area contributed by atoms with Gasteiger partial charge in [-0.2, -0.15) is 0 Å². The molecule has 0 spiro atoms. The fourth-order valence-electron chi connectivity index (χ4n) is 3.35. The Bertz CT molecular complexity index is 1240. The van der Waals surface area contributed by atoms with Crippen LogP contribution < -0.4 is 11.0 Å². The third kappa shape index (κ3) is 3.54. The maximum Gasteiger partial charge on any atom is 0.335 e. The molecule has 4 rings (SSSR count). The molecule has 4 aromatic rings. The number of aromatic nitrogens is 3. The van der Waals surface area contributed by atoms with Crippen LogP contribution in [0, 0.1) is 5.82 Å². The number of carbonyl (C=O) groups is 1. The fraction of sp³-hybridized carbons (Fsp3) is 0.136. The molecule has 146 valence electrons. The summed E-state index contributed by atoms with van der Waals surface area (Å²) in [6.07, 6.45) is 2.36. The van der Waals surface area contributed by atoms with Crippen molar-refractivity contribution in [3.05, 3.63) is 88.7 Å². The molecule has 0 saturated heterocycles. The molecule has 0 bridgehead atoms. The molecule has 7 heteroatoms. The van der Waals surface area contributed by atoms with Gasteiger partial charge in [-0.3, -0.25) is 9.36 Å². The van der Waals surface area contributed by atoms with Crippen molar-refractivity contribution in [1.29, 1.82) is 0 Å². The Labute approximate surface area is 166 Å². The number of aryl methyl sites for hydroxylation is 1. The first-order valence-electron chi connectivity index (χ1n) is 9.28. The van der Waals surface area contributed by atoms with Gasteiger partial charge in [-0.25, -0.2) is 18.7 Å². The van der Waals surface area contributed by atoms with E-state index >= 15 is 0 Å². The van der Waals surface area contributed by atoms with Gasteiger partial charge in [0.2, 0.25) is 5.91 Å². The first-order valence-corrected chi connectivity index (χ1v) is 9.28. The number of para-hydroxylation sites is 1. The van der Waals surface area contributed by atoms with Crippen LogP contribution in [-0.2, 0) is 17.8 Å². The van der Waals surface area contributed by atoms with Crippen molar-refractivity contribution in [2.75, 3.05) is 5.32 Å². The lowest BCUT2D eigenvalue weighted by atomic mass is 10.1. The topological polar surface area (TPSA) is 68.9 Å². The van der Waals surface area contributed by atoms with Crippen molar-refractivity contribution in [3.8, 4) is 5.69 Å². The maximum absolute atomic E-state index is 13.3. The molecule has 0 saturated carbocycles. The predicted molar refractivity (Wildman–Crippen MR) is 110 cm³/mol. The molecule has 2 heterocycles. The number of imidazole rings is 1. The second kappa shape index (κ2) is 7.71. The fourth-order valence-corrected chi connectivity index (χ4v) is 3.35. The van der Waals surface area contributed by atoms with Crippen LogP contribution in [0.25, 0.3) is 16.9 Å². The summed E-state index contributed by atoms with van der Waals surface area (Å²) < 4.78 is 16.0. The number of hydrogen-bond donors (Lipinski definition) is 1. The Hall–Kier alpha value is -3.74. The van der Waals surface area contributed by atoms with Crippen LogP contribution in [0.5, 0.6) is 0 Å². The maximum atomic E-state index is 13.3. The average Bonchev–Trinajstić information content (AvgIpc) is 3.01. The summed E-state index contributed by atoms with van der Waals surface area (Å²) in [5, 5.41) is 2.88. The molecule has 0 aliphatic heterocycles. The lowest BCUT2D eigenvalue weighted by molar-refractivity contribution is -0.116. The minimum absolute atomic E-state index is 0.159. The second-order valence-electron chi connectivity index (χ2n) is 6.59. The molecule has 0 atom stereocenters. The lowest BCUT2D eigenvalue weighted by Crippen LogP contribution is -2.29. The molecular formula is C22H19FN4O2. The van der Waals surface area contributed by atoms with E-state index in [4.69, 9.17) is 0 Å². The number of hydrogen-bond acceptors (Lipinski definition) is 3. The van der Waals surface area contributed by atoms with Crippen molar-refractivity contribution >= 4 is 22.8 Å². The number of nitrogens with zero attached hydrogens (tertiary/aromatic N) is 3. The number of pyridine rings is 1. The van der Waals surface area contributed by atoms with Crippen LogP contribution in [0.4, 0.5) is 10.1 Å². The van der Waals surface area contributed by atoms with E-state index in [-0.39, 0.29) is 12.5 Å². The molecule has 2 aromatic heterocycles. The molecule has 2 aromatic carbocycles. The van der Waals surface area contributed by atoms with Gasteiger partial charge in [0, 0.05) is 11.9 Å². The zero-order valence-corrected chi connectivity index (χ0v) is 15.8. The second-order valence-corrected chi connectivity index (χ2v) is 6.59. The molecule has 0 fully saturated rings. The molecular weight excluding hydrogens is 371 g/mol. The van der Waals surface area contributed by atoms with Crippen LogP contribution >= 0.6 is 0 Å². The van der Waals surface area contributed by atoms with Gasteiger partial charge in [0.1, 0.15) is 12.4 Å². The van der Waals surface area contributed by atoms with E-state index in [1.807, 2.05) is 31.2 Å². The van der Waals surface area contributed by atoms with Gasteiger partial charge in [0.15, 0.2) is 5.65 Å². The number of carbonyl (C=O) groups excluding carboxylic acids is 1. The first-order chi connectivity index (χ1) is 14.1. The van der Waals surface area contributed by atoms with Crippen LogP contribution in [0.1, 0.15) is 12.5 Å². The smallest absolute Gasteiger partial charge is 0.324 e. The largest absolute Gasteiger partial charge is 0.335 e. The Morgan fingerprint density at radius 2 is 1.83 bits per heavy atom. The van der Waals surface area contributed by atoms with Gasteiger partial charge in [-0.1, -0.05) is 25.1 Å². The Morgan fingerprint density at radius 3 is 2.59 bits per heavy atom. The Morgan fingerprint density at radius 1 is 1.07 bits per heavy atom. The van der Waals surface area contributed by atoms with Gasteiger partial charge in [0.05, 0.1) is 11.2 Å². The Balaban J connectivity index is 1.73. The van der Waals surface area contributed by atoms with Crippen LogP contribution in [0.2, 0.25) is 0 Å². The van der Waals surface area contributed by atoms with Crippen molar-refractivity contribution in [2.45, 2.75) is 19.9 Å². The highest BCUT2D eigenvalue weighted by Crippen LogP contribution is 2.18. The zero-order chi connectivity index (χ0) is 20.4. The molecule has 1 amide bonds. The van der Waals surface area contributed by atoms with E-state index in [1.54, 1.807) is 18.3 Å². The van der Waals surface area contributed by atoms with E-state index in [0.29, 0.717) is 16.9 Å². The van der Waals surface area contributed by atoms with E-state index in [9.17, 15) is 14.0 Å². The number of fused-ring (bicyclic) bond motifs is 1. The highest BCUT2D eigenvalue weighted by molar-refractivity contribution is 5.92. The molecule has 0 aliphatic carbocycles. The number of halogens is 1. The van der Waals surface area contributed by atoms with Crippen LogP contribution in [0.3, 0.4) is 0 Å². The SMILES string of the molecule is CCc1ccccc1NC(=O)Cn1c(=O)n(-c2ccc(F)cc2)c2ncccc21. The van der Waals surface area contributed by atoms with E-state index in [0.717, 1.165) is 17.7 Å². The first kappa shape index (κ1) is 18.6. The molecule has 1 N–H and O–H groups in total. The van der Waals surface area contributed by atoms with Crippen molar-refractivity contribution in [3.63, 3.8) is 0 Å². The summed E-state index contributed by atoms with van der Waals surface area (Å²) in [6.45, 7) is 1.85. The number of benzene rings is 2. The predicted octanol–water partition coefficient (Wildman–Crippen LogP) is 3.53. The lowest BCUT2D eigenvalue weighted by Gasteiger charge is -2.10. The number of anilines is 1. The summed E-state index contributed by atoms with van der Waals surface area (Å²) >= 11 is 0. The molecule has 0 unspecified atom stereocenters. The third-order valence-corrected chi connectivity index (χ3v) is 4.75. The van der Waals surface area contributed by atoms with Crippen LogP contribution in [0.15, 0.2) is 71.7 Å².